The van der Waals surface area contributed by atoms with Crippen molar-refractivity contribution in [1.82, 2.24) is 9.78 Å². The molecule has 0 bridgehead atoms. The van der Waals surface area contributed by atoms with E-state index in [1.165, 1.54) is 12.8 Å². The zero-order chi connectivity index (χ0) is 15.0. The van der Waals surface area contributed by atoms with E-state index in [1.54, 1.807) is 29.9 Å². The molecule has 0 aliphatic heterocycles. The van der Waals surface area contributed by atoms with Crippen LogP contribution in [0.15, 0.2) is 36.7 Å². The second-order valence-electron chi connectivity index (χ2n) is 5.87. The third kappa shape index (κ3) is 2.81. The Morgan fingerprint density at radius 1 is 1.43 bits per heavy atom. The molecule has 1 fully saturated rings. The van der Waals surface area contributed by atoms with Gasteiger partial charge in [0, 0.05) is 17.6 Å². The predicted molar refractivity (Wildman–Crippen MR) is 80.6 cm³/mol. The first-order chi connectivity index (χ1) is 9.99. The second-order valence-corrected chi connectivity index (χ2v) is 6.31. The molecular formula is C16H17ClN2O2. The molecule has 2 aromatic rings. The summed E-state index contributed by atoms with van der Waals surface area (Å²) in [5.74, 6) is -0.324. The second kappa shape index (κ2) is 5.19. The summed E-state index contributed by atoms with van der Waals surface area (Å²) in [6.07, 6.45) is 6.38. The summed E-state index contributed by atoms with van der Waals surface area (Å²) in [5.41, 5.74) is 0.965. The smallest absolute Gasteiger partial charge is 0.331 e. The normalized spacial score (nSPS) is 17.4. The Labute approximate surface area is 128 Å². The van der Waals surface area contributed by atoms with E-state index >= 15 is 0 Å². The topological polar surface area (TPSA) is 55.1 Å². The van der Waals surface area contributed by atoms with Gasteiger partial charge in [0.2, 0.25) is 0 Å². The SMILES string of the molecule is CC(Cc1ccc(Cl)cc1)(C(=O)O)n1cc(C2CC2)cn1. The summed E-state index contributed by atoms with van der Waals surface area (Å²) >= 11 is 5.87. The van der Waals surface area contributed by atoms with Gasteiger partial charge < -0.3 is 5.11 Å². The molecule has 0 amide bonds. The van der Waals surface area contributed by atoms with Crippen LogP contribution in [0.2, 0.25) is 5.02 Å². The monoisotopic (exact) mass is 304 g/mol. The van der Waals surface area contributed by atoms with Crippen molar-refractivity contribution in [3.63, 3.8) is 0 Å². The first kappa shape index (κ1) is 14.1. The first-order valence-corrected chi connectivity index (χ1v) is 7.40. The zero-order valence-electron chi connectivity index (χ0n) is 11.8. The van der Waals surface area contributed by atoms with Gasteiger partial charge >= 0.3 is 5.97 Å². The number of rotatable bonds is 5. The molecule has 1 aliphatic rings. The standard InChI is InChI=1S/C16H17ClN2O2/c1-16(15(20)21,8-11-2-6-14(17)7-3-11)19-10-13(9-18-19)12-4-5-12/h2-3,6-7,9-10,12H,4-5,8H2,1H3,(H,20,21). The maximum atomic E-state index is 11.8. The quantitative estimate of drug-likeness (QED) is 0.920. The van der Waals surface area contributed by atoms with E-state index in [1.807, 2.05) is 18.3 Å². The van der Waals surface area contributed by atoms with Crippen molar-refractivity contribution in [3.05, 3.63) is 52.8 Å². The molecule has 1 saturated carbocycles. The highest BCUT2D eigenvalue weighted by Gasteiger charge is 2.37. The van der Waals surface area contributed by atoms with Crippen LogP contribution in [0.25, 0.3) is 0 Å². The van der Waals surface area contributed by atoms with Gasteiger partial charge in [-0.05, 0) is 48.9 Å². The van der Waals surface area contributed by atoms with E-state index in [0.717, 1.165) is 11.1 Å². The Hall–Kier alpha value is -1.81. The molecule has 1 aromatic heterocycles. The van der Waals surface area contributed by atoms with Gasteiger partial charge in [0.05, 0.1) is 6.20 Å². The van der Waals surface area contributed by atoms with Gasteiger partial charge in [-0.15, -0.1) is 0 Å². The zero-order valence-corrected chi connectivity index (χ0v) is 12.5. The first-order valence-electron chi connectivity index (χ1n) is 7.02. The van der Waals surface area contributed by atoms with Crippen molar-refractivity contribution in [2.75, 3.05) is 0 Å². The average Bonchev–Trinajstić information content (AvgIpc) is 3.18. The van der Waals surface area contributed by atoms with E-state index in [-0.39, 0.29) is 0 Å². The lowest BCUT2D eigenvalue weighted by molar-refractivity contribution is -0.147. The van der Waals surface area contributed by atoms with Gasteiger partial charge in [-0.1, -0.05) is 23.7 Å². The van der Waals surface area contributed by atoms with Gasteiger partial charge in [0.1, 0.15) is 0 Å². The summed E-state index contributed by atoms with van der Waals surface area (Å²) in [4.78, 5) is 11.8. The summed E-state index contributed by atoms with van der Waals surface area (Å²) < 4.78 is 1.58. The van der Waals surface area contributed by atoms with Gasteiger partial charge in [-0.3, -0.25) is 4.68 Å². The van der Waals surface area contributed by atoms with Crippen LogP contribution in [0.4, 0.5) is 0 Å². The number of carboxylic acids is 1. The molecule has 1 N–H and O–H groups in total. The summed E-state index contributed by atoms with van der Waals surface area (Å²) in [6.45, 7) is 1.70. The lowest BCUT2D eigenvalue weighted by Crippen LogP contribution is -2.41. The Balaban J connectivity index is 1.90. The Bertz CT molecular complexity index is 661. The molecular weight excluding hydrogens is 288 g/mol. The summed E-state index contributed by atoms with van der Waals surface area (Å²) in [7, 11) is 0. The Morgan fingerprint density at radius 2 is 2.10 bits per heavy atom. The molecule has 1 unspecified atom stereocenters. The average molecular weight is 305 g/mol. The number of aliphatic carboxylic acids is 1. The minimum Gasteiger partial charge on any atom is -0.479 e. The van der Waals surface area contributed by atoms with Gasteiger partial charge in [-0.2, -0.15) is 5.10 Å². The van der Waals surface area contributed by atoms with Crippen LogP contribution in [0, 0.1) is 0 Å². The molecule has 0 saturated heterocycles. The molecule has 0 spiro atoms. The highest BCUT2D eigenvalue weighted by atomic mass is 35.5. The molecule has 3 rings (SSSR count). The van der Waals surface area contributed by atoms with Crippen LogP contribution in [-0.2, 0) is 16.8 Å². The lowest BCUT2D eigenvalue weighted by atomic mass is 9.93. The molecule has 1 aromatic carbocycles. The van der Waals surface area contributed by atoms with Crippen LogP contribution in [0.3, 0.4) is 0 Å². The number of benzene rings is 1. The van der Waals surface area contributed by atoms with Gasteiger partial charge in [0.25, 0.3) is 0 Å². The maximum absolute atomic E-state index is 11.8. The highest BCUT2D eigenvalue weighted by Crippen LogP contribution is 2.40. The van der Waals surface area contributed by atoms with E-state index in [4.69, 9.17) is 11.6 Å². The van der Waals surface area contributed by atoms with Crippen LogP contribution in [0.5, 0.6) is 0 Å². The van der Waals surface area contributed by atoms with Crippen molar-refractivity contribution in [2.24, 2.45) is 0 Å². The number of hydrogen-bond donors (Lipinski definition) is 1. The van der Waals surface area contributed by atoms with E-state index in [9.17, 15) is 9.90 Å². The fourth-order valence-electron chi connectivity index (χ4n) is 2.49. The molecule has 1 atom stereocenters. The number of carbonyl (C=O) groups is 1. The number of halogens is 1. The van der Waals surface area contributed by atoms with Crippen LogP contribution < -0.4 is 0 Å². The maximum Gasteiger partial charge on any atom is 0.331 e. The van der Waals surface area contributed by atoms with E-state index < -0.39 is 11.5 Å². The molecule has 5 heteroatoms. The van der Waals surface area contributed by atoms with Gasteiger partial charge in [0.15, 0.2) is 5.54 Å². The third-order valence-corrected chi connectivity index (χ3v) is 4.33. The van der Waals surface area contributed by atoms with Crippen molar-refractivity contribution < 1.29 is 9.90 Å². The van der Waals surface area contributed by atoms with Crippen LogP contribution in [-0.4, -0.2) is 20.9 Å². The number of nitrogens with zero attached hydrogens (tertiary/aromatic N) is 2. The van der Waals surface area contributed by atoms with Crippen molar-refractivity contribution in [1.29, 1.82) is 0 Å². The minimum atomic E-state index is -1.10. The number of hydrogen-bond acceptors (Lipinski definition) is 2. The molecule has 1 aliphatic carbocycles. The van der Waals surface area contributed by atoms with E-state index in [0.29, 0.717) is 17.4 Å². The molecule has 21 heavy (non-hydrogen) atoms. The fourth-order valence-corrected chi connectivity index (χ4v) is 2.61. The highest BCUT2D eigenvalue weighted by molar-refractivity contribution is 6.30. The van der Waals surface area contributed by atoms with Crippen LogP contribution in [0.1, 0.15) is 36.8 Å². The number of aromatic nitrogens is 2. The minimum absolute atomic E-state index is 0.366. The molecule has 1 heterocycles. The Kier molecular flexibility index (Phi) is 3.49. The largest absolute Gasteiger partial charge is 0.479 e. The summed E-state index contributed by atoms with van der Waals surface area (Å²) in [6, 6.07) is 7.26. The van der Waals surface area contributed by atoms with Crippen LogP contribution >= 0.6 is 11.6 Å². The van der Waals surface area contributed by atoms with Gasteiger partial charge in [-0.25, -0.2) is 4.79 Å². The predicted octanol–water partition coefficient (Wildman–Crippen LogP) is 3.46. The van der Waals surface area contributed by atoms with Crippen molar-refractivity contribution in [3.8, 4) is 0 Å². The van der Waals surface area contributed by atoms with E-state index in [2.05, 4.69) is 5.10 Å². The lowest BCUT2D eigenvalue weighted by Gasteiger charge is -2.25. The fraction of sp³-hybridized carbons (Fsp3) is 0.375. The van der Waals surface area contributed by atoms with Crippen molar-refractivity contribution >= 4 is 17.6 Å². The van der Waals surface area contributed by atoms with Crippen molar-refractivity contribution in [2.45, 2.75) is 37.6 Å². The molecule has 4 nitrogen and oxygen atoms in total. The third-order valence-electron chi connectivity index (χ3n) is 4.08. The number of carboxylic acid groups (broad SMARTS) is 1. The molecule has 110 valence electrons. The summed E-state index contributed by atoms with van der Waals surface area (Å²) in [5, 5.41) is 14.6. The Morgan fingerprint density at radius 3 is 2.67 bits per heavy atom. The molecule has 0 radical (unpaired) electrons.